The van der Waals surface area contributed by atoms with Crippen molar-refractivity contribution < 1.29 is 9.13 Å². The van der Waals surface area contributed by atoms with Gasteiger partial charge in [-0.05, 0) is 86.2 Å². The predicted octanol–water partition coefficient (Wildman–Crippen LogP) is 5.93. The number of ether oxygens (including phenoxy) is 1. The van der Waals surface area contributed by atoms with Crippen LogP contribution in [0.4, 0.5) is 21.5 Å². The number of nitrogens with one attached hydrogen (secondary N) is 1. The average molecular weight is 457 g/mol. The van der Waals surface area contributed by atoms with E-state index in [1.807, 2.05) is 30.3 Å². The summed E-state index contributed by atoms with van der Waals surface area (Å²) in [5.74, 6) is -0.136. The molecule has 1 saturated heterocycles. The number of rotatable bonds is 6. The molecule has 1 atom stereocenters. The van der Waals surface area contributed by atoms with Gasteiger partial charge < -0.3 is 19.9 Å². The zero-order chi connectivity index (χ0) is 23.7. The second-order valence-electron chi connectivity index (χ2n) is 8.96. The maximum Gasteiger partial charge on any atom is 0.165 e. The Labute approximate surface area is 199 Å². The van der Waals surface area contributed by atoms with E-state index in [1.54, 1.807) is 12.3 Å². The minimum atomic E-state index is -0.375. The number of benzene rings is 3. The highest BCUT2D eigenvalue weighted by atomic mass is 19.1. The lowest BCUT2D eigenvalue weighted by atomic mass is 10.0. The molecule has 1 N–H and O–H groups in total. The van der Waals surface area contributed by atoms with E-state index in [1.165, 1.54) is 25.3 Å². The van der Waals surface area contributed by atoms with E-state index in [2.05, 4.69) is 58.5 Å². The minimum absolute atomic E-state index is 0.239. The molecule has 0 spiro atoms. The summed E-state index contributed by atoms with van der Waals surface area (Å²) in [5.41, 5.74) is 5.82. The largest absolute Gasteiger partial charge is 0.494 e. The molecule has 3 aromatic carbocycles. The maximum absolute atomic E-state index is 14.3. The Morgan fingerprint density at radius 1 is 1.00 bits per heavy atom. The first kappa shape index (κ1) is 22.2. The van der Waals surface area contributed by atoms with E-state index < -0.39 is 0 Å². The first-order valence-corrected chi connectivity index (χ1v) is 11.5. The van der Waals surface area contributed by atoms with Crippen LogP contribution in [0.5, 0.6) is 5.75 Å². The third kappa shape index (κ3) is 4.41. The van der Waals surface area contributed by atoms with E-state index in [-0.39, 0.29) is 11.6 Å². The predicted molar refractivity (Wildman–Crippen MR) is 138 cm³/mol. The Morgan fingerprint density at radius 3 is 2.47 bits per heavy atom. The Bertz CT molecular complexity index is 1310. The molecule has 1 aliphatic heterocycles. The Balaban J connectivity index is 1.39. The van der Waals surface area contributed by atoms with Gasteiger partial charge in [0.25, 0.3) is 0 Å². The van der Waals surface area contributed by atoms with Crippen molar-refractivity contribution in [3.63, 3.8) is 0 Å². The highest BCUT2D eigenvalue weighted by Gasteiger charge is 2.23. The fraction of sp³-hybridized carbons (Fsp3) is 0.250. The zero-order valence-corrected chi connectivity index (χ0v) is 19.8. The van der Waals surface area contributed by atoms with Crippen molar-refractivity contribution in [2.45, 2.75) is 12.5 Å². The van der Waals surface area contributed by atoms with E-state index >= 15 is 0 Å². The van der Waals surface area contributed by atoms with Gasteiger partial charge in [0.05, 0.1) is 12.6 Å². The molecule has 5 rings (SSSR count). The lowest BCUT2D eigenvalue weighted by Gasteiger charge is -2.22. The topological polar surface area (TPSA) is 40.6 Å². The van der Waals surface area contributed by atoms with Crippen molar-refractivity contribution in [3.05, 3.63) is 78.7 Å². The van der Waals surface area contributed by atoms with Gasteiger partial charge in [-0.25, -0.2) is 4.39 Å². The van der Waals surface area contributed by atoms with Crippen LogP contribution >= 0.6 is 0 Å². The summed E-state index contributed by atoms with van der Waals surface area (Å²) in [7, 11) is 5.77. The van der Waals surface area contributed by atoms with Crippen molar-refractivity contribution in [1.82, 2.24) is 9.88 Å². The number of anilines is 3. The van der Waals surface area contributed by atoms with Crippen LogP contribution in [0.1, 0.15) is 6.42 Å². The third-order valence-electron chi connectivity index (χ3n) is 6.63. The Kier molecular flexibility index (Phi) is 6.07. The van der Waals surface area contributed by atoms with Crippen LogP contribution in [0.25, 0.3) is 22.0 Å². The van der Waals surface area contributed by atoms with Crippen LogP contribution in [0.3, 0.4) is 0 Å². The average Bonchev–Trinajstić information content (AvgIpc) is 3.35. The van der Waals surface area contributed by atoms with Gasteiger partial charge in [-0.3, -0.25) is 4.98 Å². The third-order valence-corrected chi connectivity index (χ3v) is 6.63. The fourth-order valence-corrected chi connectivity index (χ4v) is 4.59. The van der Waals surface area contributed by atoms with Crippen molar-refractivity contribution in [2.24, 2.45) is 0 Å². The normalized spacial score (nSPS) is 15.8. The molecular weight excluding hydrogens is 427 g/mol. The lowest BCUT2D eigenvalue weighted by Crippen LogP contribution is -2.31. The van der Waals surface area contributed by atoms with Gasteiger partial charge >= 0.3 is 0 Å². The molecule has 174 valence electrons. The summed E-state index contributed by atoms with van der Waals surface area (Å²) in [4.78, 5) is 9.25. The molecule has 1 aromatic heterocycles. The van der Waals surface area contributed by atoms with Crippen LogP contribution in [0.15, 0.2) is 72.9 Å². The van der Waals surface area contributed by atoms with Gasteiger partial charge in [0.1, 0.15) is 0 Å². The number of methoxy groups -OCH3 is 1. The molecule has 6 heteroatoms. The second-order valence-corrected chi connectivity index (χ2v) is 8.96. The number of aromatic nitrogens is 1. The van der Waals surface area contributed by atoms with Crippen LogP contribution in [0, 0.1) is 5.82 Å². The number of likely N-dealkylation sites (N-methyl/N-ethyl adjacent to an activating group) is 1. The molecular formula is C28H29FN4O. The molecule has 1 unspecified atom stereocenters. The van der Waals surface area contributed by atoms with Gasteiger partial charge in [0, 0.05) is 47.8 Å². The highest BCUT2D eigenvalue weighted by Crippen LogP contribution is 2.32. The van der Waals surface area contributed by atoms with Gasteiger partial charge in [0.15, 0.2) is 11.6 Å². The smallest absolute Gasteiger partial charge is 0.165 e. The summed E-state index contributed by atoms with van der Waals surface area (Å²) >= 11 is 0. The van der Waals surface area contributed by atoms with Gasteiger partial charge in [0.2, 0.25) is 0 Å². The zero-order valence-electron chi connectivity index (χ0n) is 19.8. The van der Waals surface area contributed by atoms with E-state index in [4.69, 9.17) is 4.74 Å². The number of hydrogen-bond donors (Lipinski definition) is 1. The molecule has 1 aliphatic rings. The van der Waals surface area contributed by atoms with E-state index in [0.29, 0.717) is 6.04 Å². The first-order valence-electron chi connectivity index (χ1n) is 11.5. The fourth-order valence-electron chi connectivity index (χ4n) is 4.59. The minimum Gasteiger partial charge on any atom is -0.494 e. The molecule has 0 saturated carbocycles. The Morgan fingerprint density at radius 2 is 1.76 bits per heavy atom. The number of nitrogens with zero attached hydrogens (tertiary/aromatic N) is 3. The number of hydrogen-bond acceptors (Lipinski definition) is 5. The summed E-state index contributed by atoms with van der Waals surface area (Å²) in [5, 5.41) is 4.52. The highest BCUT2D eigenvalue weighted by molar-refractivity contribution is 5.95. The van der Waals surface area contributed by atoms with Gasteiger partial charge in [-0.2, -0.15) is 0 Å². The van der Waals surface area contributed by atoms with Crippen LogP contribution in [-0.2, 0) is 0 Å². The maximum atomic E-state index is 14.3. The summed E-state index contributed by atoms with van der Waals surface area (Å²) in [6.07, 6.45) is 2.99. The number of halogens is 1. The Hall–Kier alpha value is -3.64. The molecule has 4 aromatic rings. The molecule has 0 aliphatic carbocycles. The van der Waals surface area contributed by atoms with Crippen molar-refractivity contribution >= 4 is 28.0 Å². The molecule has 5 nitrogen and oxygen atoms in total. The van der Waals surface area contributed by atoms with Crippen LogP contribution in [0.2, 0.25) is 0 Å². The molecule has 1 fully saturated rings. The summed E-state index contributed by atoms with van der Waals surface area (Å²) < 4.78 is 19.3. The monoisotopic (exact) mass is 456 g/mol. The molecule has 2 heterocycles. The van der Waals surface area contributed by atoms with Crippen molar-refractivity contribution in [3.8, 4) is 16.9 Å². The first-order chi connectivity index (χ1) is 16.5. The van der Waals surface area contributed by atoms with Crippen molar-refractivity contribution in [2.75, 3.05) is 44.5 Å². The molecule has 0 radical (unpaired) electrons. The standard InChI is InChI=1S/C28H29FN4O/c1-32(2)23-13-15-33(18-23)22-8-6-21(7-9-22)31-27-12-14-30-26-10-4-19(16-24(26)27)20-5-11-28(34-3)25(29)17-20/h4-12,14,16-17,23H,13,15,18H2,1-3H3,(H,30,31). The number of pyridine rings is 1. The quantitative estimate of drug-likeness (QED) is 0.389. The van der Waals surface area contributed by atoms with E-state index in [0.717, 1.165) is 46.5 Å². The molecule has 0 bridgehead atoms. The lowest BCUT2D eigenvalue weighted by molar-refractivity contribution is 0.315. The van der Waals surface area contributed by atoms with Crippen LogP contribution < -0.4 is 15.0 Å². The van der Waals surface area contributed by atoms with Crippen molar-refractivity contribution in [1.29, 1.82) is 0 Å². The second kappa shape index (κ2) is 9.31. The van der Waals surface area contributed by atoms with Gasteiger partial charge in [-0.15, -0.1) is 0 Å². The SMILES string of the molecule is COc1ccc(-c2ccc3nccc(Nc4ccc(N5CCC(N(C)C)C5)cc4)c3c2)cc1F. The van der Waals surface area contributed by atoms with Gasteiger partial charge in [-0.1, -0.05) is 12.1 Å². The van der Waals surface area contributed by atoms with Crippen LogP contribution in [-0.4, -0.2) is 50.2 Å². The molecule has 0 amide bonds. The van der Waals surface area contributed by atoms with E-state index in [9.17, 15) is 4.39 Å². The molecule has 34 heavy (non-hydrogen) atoms. The number of fused-ring (bicyclic) bond motifs is 1. The summed E-state index contributed by atoms with van der Waals surface area (Å²) in [6.45, 7) is 2.14. The summed E-state index contributed by atoms with van der Waals surface area (Å²) in [6, 6.07) is 22.2.